The van der Waals surface area contributed by atoms with Crippen LogP contribution in [0.15, 0.2) is 30.3 Å². The Balaban J connectivity index is 1.95. The van der Waals surface area contributed by atoms with E-state index in [9.17, 15) is 31.5 Å². The minimum Gasteiger partial charge on any atom is -0.450 e. The number of carbonyl (C=O) groups excluding carboxylic acids is 2. The van der Waals surface area contributed by atoms with Crippen LogP contribution in [0.5, 0.6) is 11.5 Å². The Hall–Kier alpha value is -3.49. The van der Waals surface area contributed by atoms with Crippen LogP contribution in [0.4, 0.5) is 22.0 Å². The van der Waals surface area contributed by atoms with E-state index in [0.717, 1.165) is 6.07 Å². The molecule has 0 fully saturated rings. The van der Waals surface area contributed by atoms with E-state index in [1.165, 1.54) is 24.3 Å². The first-order valence-electron chi connectivity index (χ1n) is 7.42. The van der Waals surface area contributed by atoms with Crippen LogP contribution in [0, 0.1) is 29.1 Å². The summed E-state index contributed by atoms with van der Waals surface area (Å²) < 4.78 is 72.7. The lowest BCUT2D eigenvalue weighted by molar-refractivity contribution is 0.0845. The highest BCUT2D eigenvalue weighted by molar-refractivity contribution is 6.26. The number of imide groups is 1. The van der Waals surface area contributed by atoms with Gasteiger partial charge >= 0.3 is 0 Å². The summed E-state index contributed by atoms with van der Waals surface area (Å²) in [6, 6.07) is 6.57. The van der Waals surface area contributed by atoms with Crippen LogP contribution in [0.25, 0.3) is 10.8 Å². The smallest absolute Gasteiger partial charge is 0.258 e. The molecule has 0 saturated carbocycles. The fourth-order valence-corrected chi connectivity index (χ4v) is 2.87. The number of nitrogens with one attached hydrogen (secondary N) is 1. The van der Waals surface area contributed by atoms with Gasteiger partial charge in [0.1, 0.15) is 5.75 Å². The third-order valence-corrected chi connectivity index (χ3v) is 4.10. The van der Waals surface area contributed by atoms with Gasteiger partial charge in [0.2, 0.25) is 34.8 Å². The van der Waals surface area contributed by atoms with Crippen molar-refractivity contribution in [1.29, 1.82) is 0 Å². The average molecular weight is 379 g/mol. The van der Waals surface area contributed by atoms with E-state index in [0.29, 0.717) is 0 Å². The van der Waals surface area contributed by atoms with Gasteiger partial charge in [-0.1, -0.05) is 12.1 Å². The molecule has 1 N–H and O–H groups in total. The normalized spacial score (nSPS) is 13.1. The minimum absolute atomic E-state index is 0.0946. The molecule has 27 heavy (non-hydrogen) atoms. The maximum atomic E-state index is 13.9. The first-order valence-corrected chi connectivity index (χ1v) is 7.42. The molecule has 0 saturated heterocycles. The fourth-order valence-electron chi connectivity index (χ4n) is 2.87. The van der Waals surface area contributed by atoms with Crippen LogP contribution >= 0.6 is 0 Å². The number of hydrogen-bond acceptors (Lipinski definition) is 3. The lowest BCUT2D eigenvalue weighted by atomic mass is 9.95. The molecule has 1 heterocycles. The maximum Gasteiger partial charge on any atom is 0.258 e. The molecule has 9 heteroatoms. The second-order valence-electron chi connectivity index (χ2n) is 5.62. The van der Waals surface area contributed by atoms with E-state index in [4.69, 9.17) is 4.74 Å². The lowest BCUT2D eigenvalue weighted by Gasteiger charge is -2.19. The SMILES string of the molecule is O=C1NC(=O)c2ccc(Oc3c(F)c(F)c(F)c(F)c3F)c3cccc1c23. The second kappa shape index (κ2) is 5.76. The van der Waals surface area contributed by atoms with E-state index >= 15 is 0 Å². The molecule has 4 nitrogen and oxygen atoms in total. The predicted octanol–water partition coefficient (Wildman–Crippen LogP) is 4.21. The quantitative estimate of drug-likeness (QED) is 0.314. The van der Waals surface area contributed by atoms with Crippen LogP contribution in [0.2, 0.25) is 0 Å². The molecule has 1 aliphatic rings. The standard InChI is InChI=1S/C18H6F5NO3/c19-11-12(20)14(22)16(15(23)13(11)21)27-9-5-4-8-10-6(9)2-1-3-7(10)17(25)24-18(8)26/h1-5H,(H,24,25,26). The van der Waals surface area contributed by atoms with Crippen LogP contribution in [-0.4, -0.2) is 11.8 Å². The summed E-state index contributed by atoms with van der Waals surface area (Å²) in [6.07, 6.45) is 0. The summed E-state index contributed by atoms with van der Waals surface area (Å²) >= 11 is 0. The third-order valence-electron chi connectivity index (χ3n) is 4.10. The van der Waals surface area contributed by atoms with Crippen molar-refractivity contribution in [2.24, 2.45) is 0 Å². The van der Waals surface area contributed by atoms with Gasteiger partial charge in [0, 0.05) is 21.9 Å². The highest BCUT2D eigenvalue weighted by Crippen LogP contribution is 2.38. The molecule has 0 spiro atoms. The van der Waals surface area contributed by atoms with Gasteiger partial charge in [-0.25, -0.2) is 13.2 Å². The van der Waals surface area contributed by atoms with Crippen molar-refractivity contribution >= 4 is 22.6 Å². The van der Waals surface area contributed by atoms with Crippen LogP contribution in [-0.2, 0) is 0 Å². The van der Waals surface area contributed by atoms with Crippen molar-refractivity contribution < 1.29 is 36.3 Å². The highest BCUT2D eigenvalue weighted by Gasteiger charge is 2.29. The molecular weight excluding hydrogens is 373 g/mol. The van der Waals surface area contributed by atoms with Gasteiger partial charge in [-0.3, -0.25) is 14.9 Å². The molecule has 0 aliphatic carbocycles. The Kier molecular flexibility index (Phi) is 3.62. The Morgan fingerprint density at radius 3 is 1.89 bits per heavy atom. The van der Waals surface area contributed by atoms with E-state index in [2.05, 4.69) is 5.32 Å². The monoisotopic (exact) mass is 379 g/mol. The first kappa shape index (κ1) is 17.0. The van der Waals surface area contributed by atoms with E-state index in [1.54, 1.807) is 0 Å². The van der Waals surface area contributed by atoms with Gasteiger partial charge in [-0.2, -0.15) is 8.78 Å². The molecule has 0 bridgehead atoms. The molecule has 136 valence electrons. The largest absolute Gasteiger partial charge is 0.450 e. The molecule has 3 aromatic rings. The molecular formula is C18H6F5NO3. The van der Waals surface area contributed by atoms with Gasteiger partial charge in [-0.15, -0.1) is 0 Å². The van der Waals surface area contributed by atoms with Gasteiger partial charge in [0.05, 0.1) is 0 Å². The van der Waals surface area contributed by atoms with Crippen LogP contribution in [0.1, 0.15) is 20.7 Å². The van der Waals surface area contributed by atoms with Crippen molar-refractivity contribution in [3.63, 3.8) is 0 Å². The van der Waals surface area contributed by atoms with Crippen LogP contribution in [0.3, 0.4) is 0 Å². The van der Waals surface area contributed by atoms with E-state index in [1.807, 2.05) is 0 Å². The zero-order chi connectivity index (χ0) is 19.5. The average Bonchev–Trinajstić information content (AvgIpc) is 2.66. The van der Waals surface area contributed by atoms with Crippen molar-refractivity contribution in [2.45, 2.75) is 0 Å². The summed E-state index contributed by atoms with van der Waals surface area (Å²) in [7, 11) is 0. The topological polar surface area (TPSA) is 55.4 Å². The Bertz CT molecular complexity index is 1130. The Morgan fingerprint density at radius 1 is 0.704 bits per heavy atom. The lowest BCUT2D eigenvalue weighted by Crippen LogP contribution is -2.34. The molecule has 0 radical (unpaired) electrons. The molecule has 3 aromatic carbocycles. The van der Waals surface area contributed by atoms with E-state index < -0.39 is 46.6 Å². The zero-order valence-electron chi connectivity index (χ0n) is 13.0. The molecule has 1 aliphatic heterocycles. The number of carbonyl (C=O) groups is 2. The Labute approximate surface area is 147 Å². The summed E-state index contributed by atoms with van der Waals surface area (Å²) in [4.78, 5) is 23.9. The maximum absolute atomic E-state index is 13.9. The van der Waals surface area contributed by atoms with Crippen molar-refractivity contribution in [1.82, 2.24) is 5.32 Å². The third kappa shape index (κ3) is 2.35. The molecule has 0 atom stereocenters. The number of rotatable bonds is 2. The van der Waals surface area contributed by atoms with Gasteiger partial charge in [-0.05, 0) is 18.2 Å². The van der Waals surface area contributed by atoms with Crippen molar-refractivity contribution in [3.8, 4) is 11.5 Å². The van der Waals surface area contributed by atoms with Crippen molar-refractivity contribution in [2.75, 3.05) is 0 Å². The van der Waals surface area contributed by atoms with E-state index in [-0.39, 0.29) is 27.6 Å². The molecule has 2 amide bonds. The van der Waals surface area contributed by atoms with Crippen molar-refractivity contribution in [3.05, 3.63) is 70.5 Å². The highest BCUT2D eigenvalue weighted by atomic mass is 19.2. The summed E-state index contributed by atoms with van der Waals surface area (Å²) in [5.74, 6) is -14.0. The number of benzene rings is 3. The summed E-state index contributed by atoms with van der Waals surface area (Å²) in [6.45, 7) is 0. The number of halogens is 5. The van der Waals surface area contributed by atoms with Gasteiger partial charge < -0.3 is 4.74 Å². The summed E-state index contributed by atoms with van der Waals surface area (Å²) in [5.41, 5.74) is 0.204. The molecule has 0 aromatic heterocycles. The molecule has 0 unspecified atom stereocenters. The van der Waals surface area contributed by atoms with Gasteiger partial charge in [0.15, 0.2) is 0 Å². The molecule has 4 rings (SSSR count). The number of ether oxygens (including phenoxy) is 1. The summed E-state index contributed by atoms with van der Waals surface area (Å²) in [5, 5.41) is 2.36. The van der Waals surface area contributed by atoms with Gasteiger partial charge in [0.25, 0.3) is 11.8 Å². The number of amides is 2. The zero-order valence-corrected chi connectivity index (χ0v) is 13.0. The fraction of sp³-hybridized carbons (Fsp3) is 0. The number of hydrogen-bond donors (Lipinski definition) is 1. The second-order valence-corrected chi connectivity index (χ2v) is 5.62. The first-order chi connectivity index (χ1) is 12.8. The predicted molar refractivity (Wildman–Crippen MR) is 82.1 cm³/mol. The Morgan fingerprint density at radius 2 is 1.26 bits per heavy atom. The van der Waals surface area contributed by atoms with Crippen LogP contribution < -0.4 is 10.1 Å². The minimum atomic E-state index is -2.31.